The van der Waals surface area contributed by atoms with Crippen molar-refractivity contribution in [1.29, 1.82) is 0 Å². The molecule has 3 heterocycles. The Morgan fingerprint density at radius 1 is 1.07 bits per heavy atom. The van der Waals surface area contributed by atoms with Crippen molar-refractivity contribution >= 4 is 22.8 Å². The molecule has 0 saturated heterocycles. The molecule has 1 aromatic carbocycles. The van der Waals surface area contributed by atoms with E-state index in [1.54, 1.807) is 18.6 Å². The van der Waals surface area contributed by atoms with Gasteiger partial charge in [-0.2, -0.15) is 0 Å². The predicted octanol–water partition coefficient (Wildman–Crippen LogP) is 4.46. The summed E-state index contributed by atoms with van der Waals surface area (Å²) >= 11 is 1.54. The standard InChI is InChI=1S/C21H19N5S/c1-21(2,3)25-19-18(24-17-14-22-11-12-26(17)19)20-23-13-16(27-20)10-9-15-7-5-4-6-8-15/h4-8,11-14,25H,1-3H3. The Kier molecular flexibility index (Phi) is 4.38. The molecule has 0 unspecified atom stereocenters. The third kappa shape index (κ3) is 3.83. The van der Waals surface area contributed by atoms with Gasteiger partial charge in [0.2, 0.25) is 0 Å². The number of aromatic nitrogens is 4. The summed E-state index contributed by atoms with van der Waals surface area (Å²) in [5.74, 6) is 7.28. The van der Waals surface area contributed by atoms with Crippen LogP contribution in [0, 0.1) is 11.8 Å². The maximum atomic E-state index is 4.74. The van der Waals surface area contributed by atoms with Crippen LogP contribution >= 0.6 is 11.3 Å². The zero-order valence-electron chi connectivity index (χ0n) is 15.4. The molecule has 4 aromatic rings. The number of rotatable bonds is 2. The summed E-state index contributed by atoms with van der Waals surface area (Å²) in [6.45, 7) is 6.36. The second kappa shape index (κ2) is 6.86. The zero-order chi connectivity index (χ0) is 18.9. The van der Waals surface area contributed by atoms with E-state index in [1.165, 1.54) is 11.3 Å². The summed E-state index contributed by atoms with van der Waals surface area (Å²) in [4.78, 5) is 14.4. The maximum absolute atomic E-state index is 4.74. The Balaban J connectivity index is 1.74. The lowest BCUT2D eigenvalue weighted by Crippen LogP contribution is -2.27. The highest BCUT2D eigenvalue weighted by atomic mass is 32.1. The first-order chi connectivity index (χ1) is 13.0. The van der Waals surface area contributed by atoms with E-state index in [2.05, 4.69) is 47.9 Å². The molecular formula is C21H19N5S. The zero-order valence-corrected chi connectivity index (χ0v) is 16.2. The SMILES string of the molecule is CC(C)(C)Nc1c(-c2ncc(C#Cc3ccccc3)s2)nc2cnccn12. The van der Waals surface area contributed by atoms with Gasteiger partial charge in [0, 0.05) is 23.5 Å². The lowest BCUT2D eigenvalue weighted by atomic mass is 10.1. The number of hydrogen-bond donors (Lipinski definition) is 1. The van der Waals surface area contributed by atoms with Gasteiger partial charge in [-0.15, -0.1) is 11.3 Å². The largest absolute Gasteiger partial charge is 0.365 e. The Labute approximate surface area is 162 Å². The quantitative estimate of drug-likeness (QED) is 0.527. The smallest absolute Gasteiger partial charge is 0.157 e. The number of benzene rings is 1. The fourth-order valence-electron chi connectivity index (χ4n) is 2.63. The summed E-state index contributed by atoms with van der Waals surface area (Å²) in [5.41, 5.74) is 2.48. The van der Waals surface area contributed by atoms with Crippen LogP contribution in [0.1, 0.15) is 31.2 Å². The lowest BCUT2D eigenvalue weighted by Gasteiger charge is -2.22. The Bertz CT molecular complexity index is 1140. The molecule has 0 saturated carbocycles. The number of fused-ring (bicyclic) bond motifs is 1. The first kappa shape index (κ1) is 17.3. The highest BCUT2D eigenvalue weighted by molar-refractivity contribution is 7.15. The van der Waals surface area contributed by atoms with Crippen molar-refractivity contribution in [3.8, 4) is 22.5 Å². The molecule has 0 bridgehead atoms. The van der Waals surface area contributed by atoms with Crippen molar-refractivity contribution in [2.24, 2.45) is 0 Å². The van der Waals surface area contributed by atoms with Crippen LogP contribution < -0.4 is 5.32 Å². The van der Waals surface area contributed by atoms with E-state index >= 15 is 0 Å². The van der Waals surface area contributed by atoms with Crippen LogP contribution in [0.5, 0.6) is 0 Å². The molecule has 0 atom stereocenters. The molecule has 3 aromatic heterocycles. The first-order valence-electron chi connectivity index (χ1n) is 8.63. The molecule has 5 nitrogen and oxygen atoms in total. The van der Waals surface area contributed by atoms with Crippen LogP contribution in [0.15, 0.2) is 55.1 Å². The van der Waals surface area contributed by atoms with Gasteiger partial charge in [-0.25, -0.2) is 9.97 Å². The van der Waals surface area contributed by atoms with Crippen molar-refractivity contribution in [2.75, 3.05) is 5.32 Å². The molecule has 0 fully saturated rings. The van der Waals surface area contributed by atoms with Crippen molar-refractivity contribution in [3.05, 3.63) is 65.6 Å². The maximum Gasteiger partial charge on any atom is 0.157 e. The van der Waals surface area contributed by atoms with Gasteiger partial charge in [0.25, 0.3) is 0 Å². The summed E-state index contributed by atoms with van der Waals surface area (Å²) in [6.07, 6.45) is 7.22. The van der Waals surface area contributed by atoms with Gasteiger partial charge in [-0.3, -0.25) is 9.38 Å². The van der Waals surface area contributed by atoms with Crippen LogP contribution in [0.4, 0.5) is 5.82 Å². The van der Waals surface area contributed by atoms with Gasteiger partial charge in [0.15, 0.2) is 5.65 Å². The number of hydrogen-bond acceptors (Lipinski definition) is 5. The summed E-state index contributed by atoms with van der Waals surface area (Å²) in [5, 5.41) is 4.38. The Morgan fingerprint density at radius 3 is 2.67 bits per heavy atom. The minimum atomic E-state index is -0.110. The average Bonchev–Trinajstić information content (AvgIpc) is 3.25. The van der Waals surface area contributed by atoms with E-state index in [4.69, 9.17) is 4.98 Å². The number of imidazole rings is 1. The van der Waals surface area contributed by atoms with E-state index in [9.17, 15) is 0 Å². The molecule has 1 N–H and O–H groups in total. The van der Waals surface area contributed by atoms with Gasteiger partial charge in [-0.05, 0) is 38.8 Å². The highest BCUT2D eigenvalue weighted by Crippen LogP contribution is 2.33. The number of nitrogens with one attached hydrogen (secondary N) is 1. The van der Waals surface area contributed by atoms with Gasteiger partial charge < -0.3 is 5.32 Å². The minimum Gasteiger partial charge on any atom is -0.365 e. The highest BCUT2D eigenvalue weighted by Gasteiger charge is 2.21. The molecule has 134 valence electrons. The van der Waals surface area contributed by atoms with Crippen molar-refractivity contribution < 1.29 is 0 Å². The van der Waals surface area contributed by atoms with Crippen molar-refractivity contribution in [1.82, 2.24) is 19.4 Å². The van der Waals surface area contributed by atoms with E-state index in [-0.39, 0.29) is 5.54 Å². The molecule has 0 spiro atoms. The molecule has 0 aliphatic heterocycles. The third-order valence-corrected chi connectivity index (χ3v) is 4.66. The first-order valence-corrected chi connectivity index (χ1v) is 9.45. The lowest BCUT2D eigenvalue weighted by molar-refractivity contribution is 0.629. The van der Waals surface area contributed by atoms with Crippen molar-refractivity contribution in [2.45, 2.75) is 26.3 Å². The molecule has 0 aliphatic rings. The number of anilines is 1. The number of thiazole rings is 1. The molecule has 6 heteroatoms. The van der Waals surface area contributed by atoms with E-state index < -0.39 is 0 Å². The van der Waals surface area contributed by atoms with Gasteiger partial charge in [0.05, 0.1) is 17.3 Å². The van der Waals surface area contributed by atoms with Gasteiger partial charge in [-0.1, -0.05) is 24.1 Å². The molecule has 4 rings (SSSR count). The van der Waals surface area contributed by atoms with E-state index in [1.807, 2.05) is 40.9 Å². The molecule has 0 aliphatic carbocycles. The van der Waals surface area contributed by atoms with Crippen LogP contribution in [-0.2, 0) is 0 Å². The van der Waals surface area contributed by atoms with Crippen molar-refractivity contribution in [3.63, 3.8) is 0 Å². The summed E-state index contributed by atoms with van der Waals surface area (Å²) < 4.78 is 2.00. The van der Waals surface area contributed by atoms with Gasteiger partial charge in [0.1, 0.15) is 16.5 Å². The number of nitrogens with zero attached hydrogens (tertiary/aromatic N) is 4. The minimum absolute atomic E-state index is 0.110. The monoisotopic (exact) mass is 373 g/mol. The van der Waals surface area contributed by atoms with Crippen LogP contribution in [0.25, 0.3) is 16.3 Å². The summed E-state index contributed by atoms with van der Waals surface area (Å²) in [6, 6.07) is 9.94. The second-order valence-corrected chi connectivity index (χ2v) is 8.16. The van der Waals surface area contributed by atoms with E-state index in [0.717, 1.165) is 32.6 Å². The average molecular weight is 373 g/mol. The molecular weight excluding hydrogens is 354 g/mol. The Hall–Kier alpha value is -3.17. The third-order valence-electron chi connectivity index (χ3n) is 3.74. The summed E-state index contributed by atoms with van der Waals surface area (Å²) in [7, 11) is 0. The topological polar surface area (TPSA) is 55.1 Å². The molecule has 0 radical (unpaired) electrons. The van der Waals surface area contributed by atoms with E-state index in [0.29, 0.717) is 0 Å². The van der Waals surface area contributed by atoms with Crippen LogP contribution in [0.3, 0.4) is 0 Å². The molecule has 27 heavy (non-hydrogen) atoms. The fraction of sp³-hybridized carbons (Fsp3) is 0.190. The Morgan fingerprint density at radius 2 is 1.89 bits per heavy atom. The van der Waals surface area contributed by atoms with Crippen LogP contribution in [-0.4, -0.2) is 24.9 Å². The van der Waals surface area contributed by atoms with Gasteiger partial charge >= 0.3 is 0 Å². The fourth-order valence-corrected chi connectivity index (χ4v) is 3.39. The molecule has 0 amide bonds. The normalized spacial score (nSPS) is 11.2. The second-order valence-electron chi connectivity index (χ2n) is 7.13. The van der Waals surface area contributed by atoms with Crippen LogP contribution in [0.2, 0.25) is 0 Å². The predicted molar refractivity (Wildman–Crippen MR) is 110 cm³/mol.